The number of rotatable bonds is 5. The average molecular weight is 314 g/mol. The van der Waals surface area contributed by atoms with Gasteiger partial charge in [0.05, 0.1) is 12.2 Å². The van der Waals surface area contributed by atoms with E-state index in [9.17, 15) is 9.18 Å². The number of aromatic nitrogens is 1. The molecule has 0 aliphatic heterocycles. The van der Waals surface area contributed by atoms with E-state index >= 15 is 0 Å². The molecule has 0 spiro atoms. The van der Waals surface area contributed by atoms with Crippen molar-refractivity contribution in [2.24, 2.45) is 0 Å². The zero-order valence-corrected chi connectivity index (χ0v) is 12.3. The number of anilines is 2. The highest BCUT2D eigenvalue weighted by Gasteiger charge is 2.06. The molecule has 0 bridgehead atoms. The molecule has 1 aromatic carbocycles. The van der Waals surface area contributed by atoms with Crippen molar-refractivity contribution < 1.29 is 9.18 Å². The van der Waals surface area contributed by atoms with Crippen molar-refractivity contribution in [1.29, 1.82) is 0 Å². The molecule has 7 heteroatoms. The number of hydrogen-bond acceptors (Lipinski definition) is 4. The molecule has 0 aliphatic carbocycles. The standard InChI is InChI=1S/C13H13ClFN3OS/c1-2-12(19)18-8-3-4-10(15)11(5-8)16-6-9-7-17-13(14)20-9/h3-5,7,16H,2,6H2,1H3,(H,18,19). The maximum absolute atomic E-state index is 13.7. The lowest BCUT2D eigenvalue weighted by molar-refractivity contribution is -0.115. The highest BCUT2D eigenvalue weighted by Crippen LogP contribution is 2.23. The second-order valence-corrected chi connectivity index (χ2v) is 5.73. The molecular weight excluding hydrogens is 301 g/mol. The van der Waals surface area contributed by atoms with Crippen LogP contribution in [0.25, 0.3) is 0 Å². The summed E-state index contributed by atoms with van der Waals surface area (Å²) in [5, 5.41) is 5.64. The molecule has 4 nitrogen and oxygen atoms in total. The van der Waals surface area contributed by atoms with Crippen LogP contribution in [0.2, 0.25) is 4.47 Å². The van der Waals surface area contributed by atoms with E-state index in [4.69, 9.17) is 11.6 Å². The molecule has 106 valence electrons. The van der Waals surface area contributed by atoms with Gasteiger partial charge in [0.2, 0.25) is 5.91 Å². The van der Waals surface area contributed by atoms with Crippen LogP contribution < -0.4 is 10.6 Å². The predicted octanol–water partition coefficient (Wildman–Crippen LogP) is 3.90. The molecule has 0 aliphatic rings. The summed E-state index contributed by atoms with van der Waals surface area (Å²) >= 11 is 7.06. The van der Waals surface area contributed by atoms with Gasteiger partial charge in [-0.3, -0.25) is 4.79 Å². The number of halogens is 2. The Balaban J connectivity index is 2.06. The molecule has 0 unspecified atom stereocenters. The summed E-state index contributed by atoms with van der Waals surface area (Å²) in [7, 11) is 0. The van der Waals surface area contributed by atoms with Gasteiger partial charge >= 0.3 is 0 Å². The number of carbonyl (C=O) groups is 1. The minimum Gasteiger partial charge on any atom is -0.378 e. The molecule has 0 saturated carbocycles. The maximum Gasteiger partial charge on any atom is 0.224 e. The quantitative estimate of drug-likeness (QED) is 0.880. The molecule has 20 heavy (non-hydrogen) atoms. The average Bonchev–Trinajstić information content (AvgIpc) is 2.85. The number of carbonyl (C=O) groups excluding carboxylic acids is 1. The molecule has 2 N–H and O–H groups in total. The van der Waals surface area contributed by atoms with Crippen LogP contribution in [0, 0.1) is 5.82 Å². The molecule has 2 aromatic rings. The third-order valence-electron chi connectivity index (χ3n) is 2.55. The summed E-state index contributed by atoms with van der Waals surface area (Å²) < 4.78 is 14.1. The zero-order valence-electron chi connectivity index (χ0n) is 10.7. The van der Waals surface area contributed by atoms with E-state index in [-0.39, 0.29) is 11.7 Å². The van der Waals surface area contributed by atoms with Crippen molar-refractivity contribution in [3.8, 4) is 0 Å². The van der Waals surface area contributed by atoms with Crippen LogP contribution in [-0.2, 0) is 11.3 Å². The summed E-state index contributed by atoms with van der Waals surface area (Å²) in [5.41, 5.74) is 0.881. The Kier molecular flexibility index (Phi) is 4.92. The number of hydrogen-bond donors (Lipinski definition) is 2. The fourth-order valence-electron chi connectivity index (χ4n) is 1.54. The Hall–Kier alpha value is -1.66. The largest absolute Gasteiger partial charge is 0.378 e. The van der Waals surface area contributed by atoms with Gasteiger partial charge in [-0.05, 0) is 18.2 Å². The first kappa shape index (κ1) is 14.7. The number of nitrogens with zero attached hydrogens (tertiary/aromatic N) is 1. The summed E-state index contributed by atoms with van der Waals surface area (Å²) in [4.78, 5) is 16.1. The number of benzene rings is 1. The Morgan fingerprint density at radius 1 is 1.50 bits per heavy atom. The van der Waals surface area contributed by atoms with Gasteiger partial charge in [0.15, 0.2) is 4.47 Å². The van der Waals surface area contributed by atoms with Crippen molar-refractivity contribution >= 4 is 40.2 Å². The van der Waals surface area contributed by atoms with Crippen LogP contribution in [0.4, 0.5) is 15.8 Å². The normalized spacial score (nSPS) is 10.3. The molecule has 2 rings (SSSR count). The number of amides is 1. The third kappa shape index (κ3) is 3.91. The molecule has 1 aromatic heterocycles. The first-order valence-electron chi connectivity index (χ1n) is 6.02. The Labute approximate surface area is 125 Å². The van der Waals surface area contributed by atoms with Crippen LogP contribution in [0.1, 0.15) is 18.2 Å². The minimum absolute atomic E-state index is 0.114. The summed E-state index contributed by atoms with van der Waals surface area (Å²) in [6, 6.07) is 4.40. The summed E-state index contributed by atoms with van der Waals surface area (Å²) in [6.45, 7) is 2.18. The second-order valence-electron chi connectivity index (χ2n) is 4.03. The monoisotopic (exact) mass is 313 g/mol. The highest BCUT2D eigenvalue weighted by molar-refractivity contribution is 7.15. The van der Waals surface area contributed by atoms with Crippen molar-refractivity contribution in [1.82, 2.24) is 4.98 Å². The van der Waals surface area contributed by atoms with Gasteiger partial charge in [0.1, 0.15) is 5.82 Å². The van der Waals surface area contributed by atoms with Gasteiger partial charge in [-0.15, -0.1) is 11.3 Å². The maximum atomic E-state index is 13.7. The van der Waals surface area contributed by atoms with E-state index in [0.717, 1.165) is 4.88 Å². The van der Waals surface area contributed by atoms with Crippen LogP contribution in [0.15, 0.2) is 24.4 Å². The summed E-state index contributed by atoms with van der Waals surface area (Å²) in [6.07, 6.45) is 2.01. The van der Waals surface area contributed by atoms with Crippen LogP contribution >= 0.6 is 22.9 Å². The van der Waals surface area contributed by atoms with Gasteiger partial charge in [-0.25, -0.2) is 9.37 Å². The van der Waals surface area contributed by atoms with E-state index in [1.165, 1.54) is 23.5 Å². The lowest BCUT2D eigenvalue weighted by atomic mass is 10.2. The van der Waals surface area contributed by atoms with Crippen molar-refractivity contribution in [2.75, 3.05) is 10.6 Å². The molecule has 1 heterocycles. The summed E-state index contributed by atoms with van der Waals surface area (Å²) in [5.74, 6) is -0.494. The van der Waals surface area contributed by atoms with Gasteiger partial charge < -0.3 is 10.6 Å². The van der Waals surface area contributed by atoms with Crippen molar-refractivity contribution in [3.63, 3.8) is 0 Å². The van der Waals surface area contributed by atoms with Gasteiger partial charge in [-0.2, -0.15) is 0 Å². The minimum atomic E-state index is -0.380. The molecule has 0 atom stereocenters. The smallest absolute Gasteiger partial charge is 0.224 e. The number of nitrogens with one attached hydrogen (secondary N) is 2. The molecule has 0 saturated heterocycles. The van der Waals surface area contributed by atoms with E-state index in [1.807, 2.05) is 0 Å². The van der Waals surface area contributed by atoms with E-state index in [1.54, 1.807) is 19.2 Å². The Bertz CT molecular complexity index is 617. The topological polar surface area (TPSA) is 54.0 Å². The third-order valence-corrected chi connectivity index (χ3v) is 3.66. The first-order chi connectivity index (χ1) is 9.58. The Morgan fingerprint density at radius 2 is 2.30 bits per heavy atom. The van der Waals surface area contributed by atoms with Gasteiger partial charge in [-0.1, -0.05) is 18.5 Å². The fraction of sp³-hybridized carbons (Fsp3) is 0.231. The van der Waals surface area contributed by atoms with Gasteiger partial charge in [0, 0.05) is 23.2 Å². The van der Waals surface area contributed by atoms with Gasteiger partial charge in [0.25, 0.3) is 0 Å². The van der Waals surface area contributed by atoms with Crippen LogP contribution in [-0.4, -0.2) is 10.9 Å². The Morgan fingerprint density at radius 3 is 2.95 bits per heavy atom. The lowest BCUT2D eigenvalue weighted by Gasteiger charge is -2.09. The first-order valence-corrected chi connectivity index (χ1v) is 7.21. The van der Waals surface area contributed by atoms with Crippen molar-refractivity contribution in [3.05, 3.63) is 39.6 Å². The van der Waals surface area contributed by atoms with E-state index in [0.29, 0.717) is 28.8 Å². The van der Waals surface area contributed by atoms with E-state index in [2.05, 4.69) is 15.6 Å². The number of thiazole rings is 1. The fourth-order valence-corrected chi connectivity index (χ4v) is 2.45. The van der Waals surface area contributed by atoms with E-state index < -0.39 is 0 Å². The molecule has 0 radical (unpaired) electrons. The zero-order chi connectivity index (χ0) is 14.5. The van der Waals surface area contributed by atoms with Crippen LogP contribution in [0.3, 0.4) is 0 Å². The van der Waals surface area contributed by atoms with Crippen LogP contribution in [0.5, 0.6) is 0 Å². The molecular formula is C13H13ClFN3OS. The highest BCUT2D eigenvalue weighted by atomic mass is 35.5. The molecule has 0 fully saturated rings. The predicted molar refractivity (Wildman–Crippen MR) is 79.8 cm³/mol. The SMILES string of the molecule is CCC(=O)Nc1ccc(F)c(NCc2cnc(Cl)s2)c1. The van der Waals surface area contributed by atoms with Crippen molar-refractivity contribution in [2.45, 2.75) is 19.9 Å². The lowest BCUT2D eigenvalue weighted by Crippen LogP contribution is -2.10. The second kappa shape index (κ2) is 6.67. The molecule has 1 amide bonds.